The van der Waals surface area contributed by atoms with Crippen molar-refractivity contribution in [3.63, 3.8) is 0 Å². The van der Waals surface area contributed by atoms with Gasteiger partial charge in [-0.2, -0.15) is 5.26 Å². The highest BCUT2D eigenvalue weighted by atomic mass is 14.5. The van der Waals surface area contributed by atoms with E-state index >= 15 is 0 Å². The third-order valence-electron chi connectivity index (χ3n) is 13.0. The SMILES string of the molecule is Cc1ccc2c(c1)C1(c3ccccc3-c3ccc(C#N)cc31)c1cc(-c3ccccc3)ccc1-2.Cc1cccc(-c2cc(-c3ccccc3)cc(-c3ccccc3)c2)c1.Cc1ccccc1. The highest BCUT2D eigenvalue weighted by Gasteiger charge is 2.51. The third kappa shape index (κ3) is 7.85. The van der Waals surface area contributed by atoms with Crippen LogP contribution >= 0.6 is 0 Å². The lowest BCUT2D eigenvalue weighted by atomic mass is 9.70. The van der Waals surface area contributed by atoms with E-state index < -0.39 is 5.41 Å². The van der Waals surface area contributed by atoms with E-state index in [9.17, 15) is 5.26 Å². The molecule has 1 unspecified atom stereocenters. The third-order valence-corrected chi connectivity index (χ3v) is 13.0. The predicted octanol–water partition coefficient (Wildman–Crippen LogP) is 16.9. The minimum atomic E-state index is -0.430. The van der Waals surface area contributed by atoms with E-state index in [1.165, 1.54) is 106 Å². The molecule has 10 aromatic rings. The van der Waals surface area contributed by atoms with E-state index in [2.05, 4.69) is 245 Å². The van der Waals surface area contributed by atoms with E-state index in [1.807, 2.05) is 24.3 Å². The lowest BCUT2D eigenvalue weighted by molar-refractivity contribution is 0.792. The molecule has 1 nitrogen and oxygen atoms in total. The van der Waals surface area contributed by atoms with Crippen molar-refractivity contribution >= 4 is 0 Å². The fraction of sp³-hybridized carbons (Fsp3) is 0.0615. The van der Waals surface area contributed by atoms with Gasteiger partial charge in [-0.15, -0.1) is 0 Å². The molecule has 0 amide bonds. The van der Waals surface area contributed by atoms with Crippen molar-refractivity contribution in [3.05, 3.63) is 287 Å². The first kappa shape index (κ1) is 41.7. The van der Waals surface area contributed by atoms with E-state index in [1.54, 1.807) is 0 Å². The summed E-state index contributed by atoms with van der Waals surface area (Å²) in [5.74, 6) is 0. The molecule has 0 fully saturated rings. The summed E-state index contributed by atoms with van der Waals surface area (Å²) in [6.45, 7) is 6.39. The maximum Gasteiger partial charge on any atom is 0.0991 e. The molecule has 314 valence electrons. The monoisotopic (exact) mass is 843 g/mol. The lowest BCUT2D eigenvalue weighted by Gasteiger charge is -2.31. The maximum atomic E-state index is 9.79. The van der Waals surface area contributed by atoms with Gasteiger partial charge in [-0.1, -0.05) is 223 Å². The van der Waals surface area contributed by atoms with Crippen LogP contribution in [0.2, 0.25) is 0 Å². The van der Waals surface area contributed by atoms with E-state index in [0.29, 0.717) is 5.56 Å². The molecule has 0 saturated carbocycles. The number of hydrogen-bond acceptors (Lipinski definition) is 1. The molecule has 0 bridgehead atoms. The molecule has 0 saturated heterocycles. The van der Waals surface area contributed by atoms with E-state index in [-0.39, 0.29) is 0 Å². The summed E-state index contributed by atoms with van der Waals surface area (Å²) in [6.07, 6.45) is 0. The van der Waals surface area contributed by atoms with Gasteiger partial charge in [0.05, 0.1) is 17.0 Å². The second kappa shape index (κ2) is 18.1. The summed E-state index contributed by atoms with van der Waals surface area (Å²) in [6, 6.07) is 88.7. The van der Waals surface area contributed by atoms with Crippen LogP contribution in [0.5, 0.6) is 0 Å². The first-order chi connectivity index (χ1) is 32.4. The van der Waals surface area contributed by atoms with Crippen molar-refractivity contribution in [3.8, 4) is 72.8 Å². The standard InChI is InChI=1S/C33H21N.C25H20.C7H8/c1-21-11-14-26-28-16-13-24(23-7-3-2-4-8-23)19-32(28)33(30(26)17-21)29-10-6-5-9-25(29)27-15-12-22(20-34)18-31(27)33;1-19-9-8-14-22(15-19)25-17-23(20-10-4-2-5-11-20)16-24(18-25)21-12-6-3-7-13-21;1-7-5-3-2-4-6-7/h2-19H,1H3;2-18H,1H3;2-6H,1H3. The number of fused-ring (bicyclic) bond motifs is 10. The summed E-state index contributed by atoms with van der Waals surface area (Å²) < 4.78 is 0. The summed E-state index contributed by atoms with van der Waals surface area (Å²) in [7, 11) is 0. The molecule has 2 aliphatic rings. The zero-order valence-electron chi connectivity index (χ0n) is 37.5. The molecule has 0 heterocycles. The second-order valence-corrected chi connectivity index (χ2v) is 17.4. The van der Waals surface area contributed by atoms with Gasteiger partial charge in [-0.3, -0.25) is 0 Å². The molecule has 2 aliphatic carbocycles. The van der Waals surface area contributed by atoms with Crippen LogP contribution in [-0.4, -0.2) is 0 Å². The Morgan fingerprint density at radius 3 is 1.24 bits per heavy atom. The largest absolute Gasteiger partial charge is 0.192 e. The Morgan fingerprint density at radius 1 is 0.273 bits per heavy atom. The van der Waals surface area contributed by atoms with Gasteiger partial charge in [0.15, 0.2) is 0 Å². The summed E-state index contributed by atoms with van der Waals surface area (Å²) >= 11 is 0. The topological polar surface area (TPSA) is 23.8 Å². The first-order valence-corrected chi connectivity index (χ1v) is 22.7. The van der Waals surface area contributed by atoms with Gasteiger partial charge < -0.3 is 0 Å². The summed E-state index contributed by atoms with van der Waals surface area (Å²) in [5, 5.41) is 9.79. The lowest BCUT2D eigenvalue weighted by Crippen LogP contribution is -2.26. The van der Waals surface area contributed by atoms with Gasteiger partial charge in [0.1, 0.15) is 0 Å². The van der Waals surface area contributed by atoms with Gasteiger partial charge in [0.25, 0.3) is 0 Å². The van der Waals surface area contributed by atoms with Gasteiger partial charge in [-0.05, 0) is 146 Å². The second-order valence-electron chi connectivity index (χ2n) is 17.4. The zero-order chi connectivity index (χ0) is 45.0. The van der Waals surface area contributed by atoms with Crippen molar-refractivity contribution in [2.24, 2.45) is 0 Å². The van der Waals surface area contributed by atoms with Crippen LogP contribution in [-0.2, 0) is 5.41 Å². The smallest absolute Gasteiger partial charge is 0.0991 e. The van der Waals surface area contributed by atoms with Crippen LogP contribution < -0.4 is 0 Å². The molecule has 0 N–H and O–H groups in total. The zero-order valence-corrected chi connectivity index (χ0v) is 37.5. The first-order valence-electron chi connectivity index (χ1n) is 22.7. The number of hydrogen-bond donors (Lipinski definition) is 0. The molecule has 10 aromatic carbocycles. The average Bonchev–Trinajstić information content (AvgIpc) is 3.83. The normalized spacial score (nSPS) is 13.4. The fourth-order valence-corrected chi connectivity index (χ4v) is 9.92. The molecule has 0 aromatic heterocycles. The van der Waals surface area contributed by atoms with Crippen LogP contribution in [0.15, 0.2) is 243 Å². The van der Waals surface area contributed by atoms with Crippen LogP contribution in [0.25, 0.3) is 66.8 Å². The van der Waals surface area contributed by atoms with Crippen molar-refractivity contribution in [2.75, 3.05) is 0 Å². The van der Waals surface area contributed by atoms with Crippen LogP contribution in [0.3, 0.4) is 0 Å². The number of nitrogens with zero attached hydrogens (tertiary/aromatic N) is 1. The minimum absolute atomic E-state index is 0.430. The number of rotatable bonds is 4. The van der Waals surface area contributed by atoms with E-state index in [0.717, 1.165) is 0 Å². The highest BCUT2D eigenvalue weighted by molar-refractivity contribution is 5.96. The maximum absolute atomic E-state index is 9.79. The molecule has 12 rings (SSSR count). The Morgan fingerprint density at radius 2 is 0.682 bits per heavy atom. The quantitative estimate of drug-likeness (QED) is 0.173. The summed E-state index contributed by atoms with van der Waals surface area (Å²) in [4.78, 5) is 0. The summed E-state index contributed by atoms with van der Waals surface area (Å²) in [5.41, 5.74) is 24.2. The molecular formula is C65H49N. The van der Waals surface area contributed by atoms with Crippen molar-refractivity contribution in [2.45, 2.75) is 26.2 Å². The van der Waals surface area contributed by atoms with Crippen LogP contribution in [0.4, 0.5) is 0 Å². The molecule has 0 aliphatic heterocycles. The number of benzene rings is 10. The molecule has 0 radical (unpaired) electrons. The molecule has 66 heavy (non-hydrogen) atoms. The molecular weight excluding hydrogens is 795 g/mol. The Hall–Kier alpha value is -8.31. The van der Waals surface area contributed by atoms with Crippen LogP contribution in [0.1, 0.15) is 44.5 Å². The van der Waals surface area contributed by atoms with Crippen molar-refractivity contribution in [1.82, 2.24) is 0 Å². The average molecular weight is 844 g/mol. The Labute approximate surface area is 389 Å². The predicted molar refractivity (Wildman–Crippen MR) is 276 cm³/mol. The molecule has 1 heteroatoms. The molecule has 1 spiro atoms. The van der Waals surface area contributed by atoms with Gasteiger partial charge in [0.2, 0.25) is 0 Å². The Balaban J connectivity index is 0.000000140. The van der Waals surface area contributed by atoms with Crippen LogP contribution in [0, 0.1) is 32.1 Å². The number of nitriles is 1. The van der Waals surface area contributed by atoms with Crippen molar-refractivity contribution < 1.29 is 0 Å². The Bertz CT molecular complexity index is 3320. The van der Waals surface area contributed by atoms with Gasteiger partial charge in [0, 0.05) is 0 Å². The number of aryl methyl sites for hydroxylation is 3. The van der Waals surface area contributed by atoms with Gasteiger partial charge >= 0.3 is 0 Å². The van der Waals surface area contributed by atoms with Gasteiger partial charge in [-0.25, -0.2) is 0 Å². The minimum Gasteiger partial charge on any atom is -0.192 e. The van der Waals surface area contributed by atoms with E-state index in [4.69, 9.17) is 0 Å². The van der Waals surface area contributed by atoms with Crippen molar-refractivity contribution in [1.29, 1.82) is 5.26 Å². The Kier molecular flexibility index (Phi) is 11.4. The molecule has 1 atom stereocenters. The fourth-order valence-electron chi connectivity index (χ4n) is 9.92. The highest BCUT2D eigenvalue weighted by Crippen LogP contribution is 2.63.